The zero-order valence-electron chi connectivity index (χ0n) is 10.8. The van der Waals surface area contributed by atoms with E-state index in [-0.39, 0.29) is 12.0 Å². The van der Waals surface area contributed by atoms with Gasteiger partial charge in [-0.3, -0.25) is 9.69 Å². The third-order valence-corrected chi connectivity index (χ3v) is 4.04. The molecule has 17 heavy (non-hydrogen) atoms. The van der Waals surface area contributed by atoms with E-state index in [1.807, 2.05) is 4.90 Å². The van der Waals surface area contributed by atoms with Gasteiger partial charge < -0.3 is 10.0 Å². The molecule has 0 aromatic rings. The summed E-state index contributed by atoms with van der Waals surface area (Å²) in [5.74, 6) is 0.272. The van der Waals surface area contributed by atoms with Crippen LogP contribution in [0.15, 0.2) is 0 Å². The third-order valence-electron chi connectivity index (χ3n) is 4.04. The lowest BCUT2D eigenvalue weighted by Gasteiger charge is -2.36. The average Bonchev–Trinajstić information content (AvgIpc) is 2.32. The van der Waals surface area contributed by atoms with E-state index in [4.69, 9.17) is 0 Å². The Kier molecular flexibility index (Phi) is 4.40. The van der Waals surface area contributed by atoms with E-state index in [1.54, 1.807) is 0 Å². The van der Waals surface area contributed by atoms with Crippen molar-refractivity contribution in [3.8, 4) is 0 Å². The second-order valence-corrected chi connectivity index (χ2v) is 5.44. The second kappa shape index (κ2) is 5.83. The van der Waals surface area contributed by atoms with Gasteiger partial charge in [0.05, 0.1) is 12.6 Å². The summed E-state index contributed by atoms with van der Waals surface area (Å²) in [4.78, 5) is 16.4. The Morgan fingerprint density at radius 3 is 2.53 bits per heavy atom. The summed E-state index contributed by atoms with van der Waals surface area (Å²) in [6, 6.07) is 0.409. The predicted molar refractivity (Wildman–Crippen MR) is 66.7 cm³/mol. The molecule has 0 unspecified atom stereocenters. The van der Waals surface area contributed by atoms with Crippen LogP contribution in [0.5, 0.6) is 0 Å². The number of carbonyl (C=O) groups is 1. The molecule has 0 spiro atoms. The summed E-state index contributed by atoms with van der Waals surface area (Å²) in [5.41, 5.74) is 0. The highest BCUT2D eigenvalue weighted by Crippen LogP contribution is 2.17. The number of amides is 1. The Hall–Kier alpha value is -0.610. The van der Waals surface area contributed by atoms with Crippen molar-refractivity contribution in [1.82, 2.24) is 9.80 Å². The van der Waals surface area contributed by atoms with Gasteiger partial charge in [-0.2, -0.15) is 0 Å². The van der Waals surface area contributed by atoms with Gasteiger partial charge >= 0.3 is 0 Å². The fourth-order valence-corrected chi connectivity index (χ4v) is 2.83. The van der Waals surface area contributed by atoms with E-state index >= 15 is 0 Å². The standard InChI is InChI=1S/C13H24N2O2/c1-11-4-2-3-7-15(11)13(17)10-14-8-5-12(16)6-9-14/h11-12,16H,2-10H2,1H3/t11-/m0/s1. The number of hydrogen-bond donors (Lipinski definition) is 1. The van der Waals surface area contributed by atoms with Gasteiger partial charge in [-0.25, -0.2) is 0 Å². The molecule has 0 aromatic heterocycles. The Labute approximate surface area is 104 Å². The Morgan fingerprint density at radius 1 is 1.18 bits per heavy atom. The minimum Gasteiger partial charge on any atom is -0.393 e. The molecular weight excluding hydrogens is 216 g/mol. The van der Waals surface area contributed by atoms with Crippen molar-refractivity contribution in [2.45, 2.75) is 51.2 Å². The second-order valence-electron chi connectivity index (χ2n) is 5.44. The van der Waals surface area contributed by atoms with Gasteiger partial charge in [-0.1, -0.05) is 0 Å². The maximum atomic E-state index is 12.2. The molecule has 0 saturated carbocycles. The first kappa shape index (κ1) is 12.8. The quantitative estimate of drug-likeness (QED) is 0.778. The summed E-state index contributed by atoms with van der Waals surface area (Å²) in [7, 11) is 0. The lowest BCUT2D eigenvalue weighted by molar-refractivity contribution is -0.136. The molecule has 2 aliphatic heterocycles. The van der Waals surface area contributed by atoms with Crippen molar-refractivity contribution in [2.24, 2.45) is 0 Å². The van der Waals surface area contributed by atoms with Crippen LogP contribution in [0.1, 0.15) is 39.0 Å². The monoisotopic (exact) mass is 240 g/mol. The van der Waals surface area contributed by atoms with Gasteiger partial charge in [0.2, 0.25) is 5.91 Å². The van der Waals surface area contributed by atoms with Crippen molar-refractivity contribution in [3.63, 3.8) is 0 Å². The van der Waals surface area contributed by atoms with Crippen LogP contribution in [0.2, 0.25) is 0 Å². The number of aliphatic hydroxyl groups is 1. The Morgan fingerprint density at radius 2 is 1.88 bits per heavy atom. The summed E-state index contributed by atoms with van der Waals surface area (Å²) >= 11 is 0. The topological polar surface area (TPSA) is 43.8 Å². The van der Waals surface area contributed by atoms with Crippen molar-refractivity contribution in [3.05, 3.63) is 0 Å². The van der Waals surface area contributed by atoms with Gasteiger partial charge in [0.1, 0.15) is 0 Å². The Bertz CT molecular complexity index is 262. The van der Waals surface area contributed by atoms with E-state index in [0.717, 1.165) is 45.3 Å². The normalized spacial score (nSPS) is 28.4. The van der Waals surface area contributed by atoms with Gasteiger partial charge in [-0.05, 0) is 39.0 Å². The van der Waals surface area contributed by atoms with E-state index in [0.29, 0.717) is 12.6 Å². The number of rotatable bonds is 2. The van der Waals surface area contributed by atoms with Crippen LogP contribution in [-0.4, -0.2) is 59.1 Å². The van der Waals surface area contributed by atoms with Crippen molar-refractivity contribution in [2.75, 3.05) is 26.2 Å². The molecule has 1 N–H and O–H groups in total. The minimum atomic E-state index is -0.157. The van der Waals surface area contributed by atoms with Crippen LogP contribution in [0.4, 0.5) is 0 Å². The van der Waals surface area contributed by atoms with Crippen LogP contribution in [-0.2, 0) is 4.79 Å². The van der Waals surface area contributed by atoms with E-state index < -0.39 is 0 Å². The fourth-order valence-electron chi connectivity index (χ4n) is 2.83. The molecule has 2 heterocycles. The maximum Gasteiger partial charge on any atom is 0.236 e. The highest BCUT2D eigenvalue weighted by molar-refractivity contribution is 5.78. The molecule has 0 bridgehead atoms. The van der Waals surface area contributed by atoms with Crippen molar-refractivity contribution in [1.29, 1.82) is 0 Å². The number of likely N-dealkylation sites (tertiary alicyclic amines) is 2. The van der Waals surface area contributed by atoms with Crippen molar-refractivity contribution >= 4 is 5.91 Å². The minimum absolute atomic E-state index is 0.157. The fraction of sp³-hybridized carbons (Fsp3) is 0.923. The number of piperidine rings is 2. The number of carbonyl (C=O) groups excluding carboxylic acids is 1. The smallest absolute Gasteiger partial charge is 0.236 e. The van der Waals surface area contributed by atoms with Gasteiger partial charge in [0.15, 0.2) is 0 Å². The number of aliphatic hydroxyl groups excluding tert-OH is 1. The molecule has 0 aliphatic carbocycles. The maximum absolute atomic E-state index is 12.2. The van der Waals surface area contributed by atoms with Gasteiger partial charge in [0.25, 0.3) is 0 Å². The molecule has 2 saturated heterocycles. The van der Waals surface area contributed by atoms with Crippen LogP contribution >= 0.6 is 0 Å². The number of nitrogens with zero attached hydrogens (tertiary/aromatic N) is 2. The Balaban J connectivity index is 1.79. The van der Waals surface area contributed by atoms with E-state index in [1.165, 1.54) is 6.42 Å². The van der Waals surface area contributed by atoms with Gasteiger partial charge in [0, 0.05) is 25.7 Å². The zero-order valence-corrected chi connectivity index (χ0v) is 10.8. The average molecular weight is 240 g/mol. The molecule has 1 amide bonds. The lowest BCUT2D eigenvalue weighted by atomic mass is 10.0. The first-order chi connectivity index (χ1) is 8.16. The molecule has 98 valence electrons. The van der Waals surface area contributed by atoms with Crippen LogP contribution in [0.3, 0.4) is 0 Å². The van der Waals surface area contributed by atoms with Gasteiger partial charge in [-0.15, -0.1) is 0 Å². The van der Waals surface area contributed by atoms with Crippen molar-refractivity contribution < 1.29 is 9.90 Å². The van der Waals surface area contributed by atoms with E-state index in [2.05, 4.69) is 11.8 Å². The SMILES string of the molecule is C[C@H]1CCCCN1C(=O)CN1CCC(O)CC1. The molecule has 2 aliphatic rings. The highest BCUT2D eigenvalue weighted by Gasteiger charge is 2.26. The first-order valence-electron chi connectivity index (χ1n) is 6.86. The molecule has 0 radical (unpaired) electrons. The molecule has 1 atom stereocenters. The summed E-state index contributed by atoms with van der Waals surface area (Å²) in [6.45, 7) is 5.33. The molecule has 0 aromatic carbocycles. The first-order valence-corrected chi connectivity index (χ1v) is 6.86. The highest BCUT2D eigenvalue weighted by atomic mass is 16.3. The van der Waals surface area contributed by atoms with Crippen LogP contribution < -0.4 is 0 Å². The van der Waals surface area contributed by atoms with Crippen LogP contribution in [0.25, 0.3) is 0 Å². The largest absolute Gasteiger partial charge is 0.393 e. The molecule has 4 heteroatoms. The molecule has 2 fully saturated rings. The summed E-state index contributed by atoms with van der Waals surface area (Å²) in [5, 5.41) is 9.43. The van der Waals surface area contributed by atoms with Crippen LogP contribution in [0, 0.1) is 0 Å². The van der Waals surface area contributed by atoms with E-state index in [9.17, 15) is 9.90 Å². The number of hydrogen-bond acceptors (Lipinski definition) is 3. The summed E-state index contributed by atoms with van der Waals surface area (Å²) < 4.78 is 0. The zero-order chi connectivity index (χ0) is 12.3. The molecular formula is C13H24N2O2. The molecule has 4 nitrogen and oxygen atoms in total. The third kappa shape index (κ3) is 3.42. The predicted octanol–water partition coefficient (Wildman–Crippen LogP) is 0.844. The summed E-state index contributed by atoms with van der Waals surface area (Å²) in [6.07, 6.45) is 5.00. The lowest BCUT2D eigenvalue weighted by Crippen LogP contribution is -2.48. The molecule has 2 rings (SSSR count).